The van der Waals surface area contributed by atoms with Gasteiger partial charge in [0.1, 0.15) is 0 Å². The molecular weight excluding hydrogens is 250 g/mol. The van der Waals surface area contributed by atoms with Crippen molar-refractivity contribution >= 4 is 15.9 Å². The van der Waals surface area contributed by atoms with Crippen LogP contribution in [0.1, 0.15) is 32.3 Å². The molecule has 0 spiro atoms. The average molecular weight is 268 g/mol. The van der Waals surface area contributed by atoms with Crippen LogP contribution >= 0.6 is 15.9 Å². The first-order valence-electron chi connectivity index (χ1n) is 5.67. The SMILES string of the molecule is CC(C)C1(c2ccccc2Br)CCCN1. The number of halogens is 1. The van der Waals surface area contributed by atoms with E-state index in [1.54, 1.807) is 0 Å². The fraction of sp³-hybridized carbons (Fsp3) is 0.538. The zero-order chi connectivity index (χ0) is 10.9. The second kappa shape index (κ2) is 4.26. The minimum absolute atomic E-state index is 0.181. The van der Waals surface area contributed by atoms with Gasteiger partial charge in [-0.1, -0.05) is 48.0 Å². The highest BCUT2D eigenvalue weighted by Gasteiger charge is 2.39. The van der Waals surface area contributed by atoms with E-state index in [0.717, 1.165) is 6.54 Å². The molecule has 1 saturated heterocycles. The average Bonchev–Trinajstić information content (AvgIpc) is 2.68. The lowest BCUT2D eigenvalue weighted by molar-refractivity contribution is 0.276. The molecule has 1 aromatic rings. The Kier molecular flexibility index (Phi) is 3.17. The van der Waals surface area contributed by atoms with Crippen molar-refractivity contribution in [3.63, 3.8) is 0 Å². The van der Waals surface area contributed by atoms with Gasteiger partial charge < -0.3 is 5.32 Å². The summed E-state index contributed by atoms with van der Waals surface area (Å²) >= 11 is 3.67. The third-order valence-electron chi connectivity index (χ3n) is 3.53. The molecule has 0 radical (unpaired) electrons. The molecule has 1 aliphatic rings. The van der Waals surface area contributed by atoms with Crippen LogP contribution in [0.5, 0.6) is 0 Å². The zero-order valence-corrected chi connectivity index (χ0v) is 11.0. The number of benzene rings is 1. The Morgan fingerprint density at radius 1 is 1.33 bits per heavy atom. The van der Waals surface area contributed by atoms with Gasteiger partial charge in [-0.25, -0.2) is 0 Å². The monoisotopic (exact) mass is 267 g/mol. The minimum atomic E-state index is 0.181. The molecule has 2 heteroatoms. The summed E-state index contributed by atoms with van der Waals surface area (Å²) in [5.74, 6) is 0.624. The van der Waals surface area contributed by atoms with Crippen LogP contribution in [0.4, 0.5) is 0 Å². The van der Waals surface area contributed by atoms with E-state index in [9.17, 15) is 0 Å². The van der Waals surface area contributed by atoms with Crippen LogP contribution in [-0.4, -0.2) is 6.54 Å². The number of hydrogen-bond acceptors (Lipinski definition) is 1. The van der Waals surface area contributed by atoms with Gasteiger partial charge in [0.25, 0.3) is 0 Å². The lowest BCUT2D eigenvalue weighted by Gasteiger charge is -2.35. The van der Waals surface area contributed by atoms with Crippen molar-refractivity contribution in [1.82, 2.24) is 5.32 Å². The summed E-state index contributed by atoms with van der Waals surface area (Å²) in [5, 5.41) is 3.70. The van der Waals surface area contributed by atoms with E-state index >= 15 is 0 Å². The summed E-state index contributed by atoms with van der Waals surface area (Å²) in [4.78, 5) is 0. The van der Waals surface area contributed by atoms with Gasteiger partial charge in [0.2, 0.25) is 0 Å². The molecule has 1 nitrogen and oxygen atoms in total. The summed E-state index contributed by atoms with van der Waals surface area (Å²) in [6, 6.07) is 8.59. The molecule has 0 bridgehead atoms. The van der Waals surface area contributed by atoms with Crippen LogP contribution in [0.25, 0.3) is 0 Å². The number of rotatable bonds is 2. The van der Waals surface area contributed by atoms with Crippen LogP contribution < -0.4 is 5.32 Å². The fourth-order valence-electron chi connectivity index (χ4n) is 2.62. The first-order valence-corrected chi connectivity index (χ1v) is 6.46. The summed E-state index contributed by atoms with van der Waals surface area (Å²) in [6.07, 6.45) is 2.52. The first-order chi connectivity index (χ1) is 7.17. The fourth-order valence-corrected chi connectivity index (χ4v) is 3.26. The van der Waals surface area contributed by atoms with Gasteiger partial charge in [-0.2, -0.15) is 0 Å². The molecule has 1 heterocycles. The molecule has 2 rings (SSSR count). The largest absolute Gasteiger partial charge is 0.307 e. The highest BCUT2D eigenvalue weighted by Crippen LogP contribution is 2.40. The normalized spacial score (nSPS) is 26.1. The Labute approximate surface area is 100 Å². The molecule has 1 aromatic carbocycles. The topological polar surface area (TPSA) is 12.0 Å². The van der Waals surface area contributed by atoms with Crippen LogP contribution in [0.15, 0.2) is 28.7 Å². The third kappa shape index (κ3) is 1.85. The highest BCUT2D eigenvalue weighted by atomic mass is 79.9. The predicted molar refractivity (Wildman–Crippen MR) is 67.9 cm³/mol. The Balaban J connectivity index is 2.46. The van der Waals surface area contributed by atoms with Crippen LogP contribution in [0, 0.1) is 5.92 Å². The molecule has 0 amide bonds. The van der Waals surface area contributed by atoms with E-state index in [0.29, 0.717) is 5.92 Å². The molecular formula is C13H18BrN. The standard InChI is InChI=1S/C13H18BrN/c1-10(2)13(8-5-9-15-13)11-6-3-4-7-12(11)14/h3-4,6-7,10,15H,5,8-9H2,1-2H3. The summed E-state index contributed by atoms with van der Waals surface area (Å²) in [6.45, 7) is 5.75. The molecule has 0 saturated carbocycles. The molecule has 1 N–H and O–H groups in total. The van der Waals surface area contributed by atoms with Crippen molar-refractivity contribution < 1.29 is 0 Å². The van der Waals surface area contributed by atoms with E-state index in [-0.39, 0.29) is 5.54 Å². The van der Waals surface area contributed by atoms with Gasteiger partial charge in [-0.15, -0.1) is 0 Å². The Hall–Kier alpha value is -0.340. The van der Waals surface area contributed by atoms with Crippen molar-refractivity contribution in [2.45, 2.75) is 32.2 Å². The van der Waals surface area contributed by atoms with E-state index in [1.165, 1.54) is 22.9 Å². The van der Waals surface area contributed by atoms with Crippen LogP contribution in [0.2, 0.25) is 0 Å². The summed E-state index contributed by atoms with van der Waals surface area (Å²) in [5.41, 5.74) is 1.60. The summed E-state index contributed by atoms with van der Waals surface area (Å²) in [7, 11) is 0. The molecule has 15 heavy (non-hydrogen) atoms. The molecule has 0 aliphatic carbocycles. The lowest BCUT2D eigenvalue weighted by Crippen LogP contribution is -2.42. The Morgan fingerprint density at radius 2 is 2.07 bits per heavy atom. The van der Waals surface area contributed by atoms with Crippen molar-refractivity contribution in [1.29, 1.82) is 0 Å². The second-order valence-corrected chi connectivity index (χ2v) is 5.49. The van der Waals surface area contributed by atoms with Gasteiger partial charge in [-0.3, -0.25) is 0 Å². The van der Waals surface area contributed by atoms with Crippen molar-refractivity contribution in [3.05, 3.63) is 34.3 Å². The van der Waals surface area contributed by atoms with E-state index in [2.05, 4.69) is 59.4 Å². The van der Waals surface area contributed by atoms with Gasteiger partial charge >= 0.3 is 0 Å². The van der Waals surface area contributed by atoms with Gasteiger partial charge in [-0.05, 0) is 36.9 Å². The number of nitrogens with one attached hydrogen (secondary N) is 1. The Morgan fingerprint density at radius 3 is 2.60 bits per heavy atom. The van der Waals surface area contributed by atoms with Crippen molar-refractivity contribution in [2.75, 3.05) is 6.54 Å². The predicted octanol–water partition coefficient (Wildman–Crippen LogP) is 3.68. The van der Waals surface area contributed by atoms with Gasteiger partial charge in [0.15, 0.2) is 0 Å². The van der Waals surface area contributed by atoms with Gasteiger partial charge in [0.05, 0.1) is 0 Å². The lowest BCUT2D eigenvalue weighted by atomic mass is 9.79. The molecule has 1 aliphatic heterocycles. The quantitative estimate of drug-likeness (QED) is 0.862. The van der Waals surface area contributed by atoms with Crippen LogP contribution in [-0.2, 0) is 5.54 Å². The Bertz CT molecular complexity index is 340. The van der Waals surface area contributed by atoms with Crippen molar-refractivity contribution in [3.8, 4) is 0 Å². The van der Waals surface area contributed by atoms with E-state index in [4.69, 9.17) is 0 Å². The zero-order valence-electron chi connectivity index (χ0n) is 9.39. The molecule has 0 aromatic heterocycles. The smallest absolute Gasteiger partial charge is 0.0469 e. The number of hydrogen-bond donors (Lipinski definition) is 1. The maximum Gasteiger partial charge on any atom is 0.0469 e. The van der Waals surface area contributed by atoms with Crippen molar-refractivity contribution in [2.24, 2.45) is 5.92 Å². The molecule has 1 unspecified atom stereocenters. The summed E-state index contributed by atoms with van der Waals surface area (Å²) < 4.78 is 1.23. The maximum absolute atomic E-state index is 3.70. The first kappa shape index (κ1) is 11.2. The third-order valence-corrected chi connectivity index (χ3v) is 4.22. The van der Waals surface area contributed by atoms with E-state index < -0.39 is 0 Å². The highest BCUT2D eigenvalue weighted by molar-refractivity contribution is 9.10. The molecule has 82 valence electrons. The van der Waals surface area contributed by atoms with Crippen LogP contribution in [0.3, 0.4) is 0 Å². The maximum atomic E-state index is 3.70. The minimum Gasteiger partial charge on any atom is -0.307 e. The van der Waals surface area contributed by atoms with E-state index in [1.807, 2.05) is 0 Å². The molecule has 1 fully saturated rings. The molecule has 1 atom stereocenters. The van der Waals surface area contributed by atoms with Gasteiger partial charge in [0, 0.05) is 10.0 Å². The second-order valence-electron chi connectivity index (χ2n) is 4.64.